The number of aliphatic hydroxyl groups is 1. The zero-order chi connectivity index (χ0) is 14.9. The van der Waals surface area contributed by atoms with Crippen molar-refractivity contribution in [3.8, 4) is 11.3 Å². The number of aromatic nitrogens is 3. The van der Waals surface area contributed by atoms with Crippen LogP contribution in [0.4, 0.5) is 5.82 Å². The summed E-state index contributed by atoms with van der Waals surface area (Å²) in [4.78, 5) is 14.3. The Morgan fingerprint density at radius 2 is 2.14 bits per heavy atom. The number of H-pyrrole nitrogens is 1. The number of hydrogen-bond acceptors (Lipinski definition) is 4. The Labute approximate surface area is 128 Å². The molecular formula is C17H18N4O. The maximum absolute atomic E-state index is 9.84. The van der Waals surface area contributed by atoms with Crippen LogP contribution in [-0.4, -0.2) is 39.3 Å². The number of piperidine rings is 1. The van der Waals surface area contributed by atoms with E-state index in [0.717, 1.165) is 47.5 Å². The number of β-amino-alcohol motifs (C(OH)–C–C–N with tert-alkyl or cyclic N) is 1. The zero-order valence-corrected chi connectivity index (χ0v) is 12.2. The van der Waals surface area contributed by atoms with Gasteiger partial charge in [0.25, 0.3) is 0 Å². The summed E-state index contributed by atoms with van der Waals surface area (Å²) in [7, 11) is 0. The first-order valence-electron chi connectivity index (χ1n) is 7.63. The first-order valence-corrected chi connectivity index (χ1v) is 7.63. The Morgan fingerprint density at radius 3 is 3.00 bits per heavy atom. The highest BCUT2D eigenvalue weighted by atomic mass is 16.3. The summed E-state index contributed by atoms with van der Waals surface area (Å²) >= 11 is 0. The van der Waals surface area contributed by atoms with Crippen LogP contribution in [-0.2, 0) is 0 Å². The van der Waals surface area contributed by atoms with E-state index in [2.05, 4.69) is 32.0 Å². The molecule has 3 aromatic heterocycles. The maximum Gasteiger partial charge on any atom is 0.137 e. The highest BCUT2D eigenvalue weighted by Crippen LogP contribution is 2.26. The summed E-state index contributed by atoms with van der Waals surface area (Å²) in [6.07, 6.45) is 5.24. The standard InChI is InChI=1S/C17H18N4O/c22-14-4-2-8-21(11-14)16-10-12(5-7-18-16)15-9-13-3-1-6-19-17(13)20-15/h1,3,5-7,9-10,14,22H,2,4,8,11H2,(H,19,20). The molecule has 5 heteroatoms. The summed E-state index contributed by atoms with van der Waals surface area (Å²) in [5, 5.41) is 10.9. The van der Waals surface area contributed by atoms with E-state index < -0.39 is 0 Å². The molecule has 1 saturated heterocycles. The molecule has 4 rings (SSSR count). The molecule has 112 valence electrons. The van der Waals surface area contributed by atoms with E-state index in [0.29, 0.717) is 6.54 Å². The first-order chi connectivity index (χ1) is 10.8. The van der Waals surface area contributed by atoms with Crippen LogP contribution in [0, 0.1) is 0 Å². The molecule has 0 aromatic carbocycles. The summed E-state index contributed by atoms with van der Waals surface area (Å²) in [5.74, 6) is 0.919. The van der Waals surface area contributed by atoms with Gasteiger partial charge in [-0.05, 0) is 43.2 Å². The highest BCUT2D eigenvalue weighted by Gasteiger charge is 2.19. The predicted octanol–water partition coefficient (Wildman–Crippen LogP) is 2.59. The molecule has 4 heterocycles. The largest absolute Gasteiger partial charge is 0.391 e. The van der Waals surface area contributed by atoms with Crippen molar-refractivity contribution < 1.29 is 5.11 Å². The van der Waals surface area contributed by atoms with Crippen molar-refractivity contribution >= 4 is 16.9 Å². The summed E-state index contributed by atoms with van der Waals surface area (Å²) in [5.41, 5.74) is 3.02. The molecule has 0 radical (unpaired) electrons. The van der Waals surface area contributed by atoms with Gasteiger partial charge in [0.2, 0.25) is 0 Å². The van der Waals surface area contributed by atoms with Crippen LogP contribution < -0.4 is 4.90 Å². The number of hydrogen-bond donors (Lipinski definition) is 2. The van der Waals surface area contributed by atoms with Crippen molar-refractivity contribution in [2.24, 2.45) is 0 Å². The van der Waals surface area contributed by atoms with Crippen molar-refractivity contribution in [2.45, 2.75) is 18.9 Å². The van der Waals surface area contributed by atoms with Gasteiger partial charge in [-0.25, -0.2) is 9.97 Å². The second-order valence-electron chi connectivity index (χ2n) is 5.77. The second kappa shape index (κ2) is 5.42. The van der Waals surface area contributed by atoms with E-state index in [-0.39, 0.29) is 6.10 Å². The lowest BCUT2D eigenvalue weighted by molar-refractivity contribution is 0.154. The Hall–Kier alpha value is -2.40. The fraction of sp³-hybridized carbons (Fsp3) is 0.294. The van der Waals surface area contributed by atoms with Gasteiger partial charge in [-0.1, -0.05) is 0 Å². The minimum Gasteiger partial charge on any atom is -0.391 e. The molecule has 0 saturated carbocycles. The minimum atomic E-state index is -0.253. The average Bonchev–Trinajstić information content (AvgIpc) is 2.99. The molecule has 22 heavy (non-hydrogen) atoms. The van der Waals surface area contributed by atoms with Crippen LogP contribution >= 0.6 is 0 Å². The molecule has 2 N–H and O–H groups in total. The molecule has 5 nitrogen and oxygen atoms in total. The van der Waals surface area contributed by atoms with Gasteiger partial charge in [-0.2, -0.15) is 0 Å². The minimum absolute atomic E-state index is 0.253. The molecular weight excluding hydrogens is 276 g/mol. The molecule has 1 aliphatic heterocycles. The van der Waals surface area contributed by atoms with E-state index in [1.54, 1.807) is 6.20 Å². The number of anilines is 1. The van der Waals surface area contributed by atoms with Crippen LogP contribution in [0.25, 0.3) is 22.3 Å². The third-order valence-electron chi connectivity index (χ3n) is 4.17. The lowest BCUT2D eigenvalue weighted by atomic mass is 10.1. The monoisotopic (exact) mass is 294 g/mol. The van der Waals surface area contributed by atoms with Crippen molar-refractivity contribution in [1.29, 1.82) is 0 Å². The van der Waals surface area contributed by atoms with Gasteiger partial charge >= 0.3 is 0 Å². The van der Waals surface area contributed by atoms with E-state index >= 15 is 0 Å². The quantitative estimate of drug-likeness (QED) is 0.762. The van der Waals surface area contributed by atoms with Gasteiger partial charge in [-0.15, -0.1) is 0 Å². The van der Waals surface area contributed by atoms with Crippen LogP contribution in [0.3, 0.4) is 0 Å². The van der Waals surface area contributed by atoms with Crippen LogP contribution in [0.15, 0.2) is 42.7 Å². The van der Waals surface area contributed by atoms with Crippen molar-refractivity contribution in [1.82, 2.24) is 15.0 Å². The number of fused-ring (bicyclic) bond motifs is 1. The highest BCUT2D eigenvalue weighted by molar-refractivity contribution is 5.83. The Morgan fingerprint density at radius 1 is 1.18 bits per heavy atom. The Kier molecular flexibility index (Phi) is 3.27. The topological polar surface area (TPSA) is 65.0 Å². The predicted molar refractivity (Wildman–Crippen MR) is 86.8 cm³/mol. The average molecular weight is 294 g/mol. The zero-order valence-electron chi connectivity index (χ0n) is 12.2. The van der Waals surface area contributed by atoms with E-state index in [1.165, 1.54) is 0 Å². The van der Waals surface area contributed by atoms with Crippen LogP contribution in [0.2, 0.25) is 0 Å². The third-order valence-corrected chi connectivity index (χ3v) is 4.17. The molecule has 0 bridgehead atoms. The summed E-state index contributed by atoms with van der Waals surface area (Å²) in [6.45, 7) is 1.60. The molecule has 1 unspecified atom stereocenters. The van der Waals surface area contributed by atoms with Crippen LogP contribution in [0.1, 0.15) is 12.8 Å². The molecule has 1 aliphatic rings. The lowest BCUT2D eigenvalue weighted by Crippen LogP contribution is -2.38. The summed E-state index contributed by atoms with van der Waals surface area (Å²) < 4.78 is 0. The van der Waals surface area contributed by atoms with Gasteiger partial charge in [0, 0.05) is 42.1 Å². The van der Waals surface area contributed by atoms with Gasteiger partial charge < -0.3 is 15.0 Å². The van der Waals surface area contributed by atoms with E-state index in [9.17, 15) is 5.11 Å². The lowest BCUT2D eigenvalue weighted by Gasteiger charge is -2.31. The number of aromatic amines is 1. The normalized spacial score (nSPS) is 18.8. The SMILES string of the molecule is OC1CCCN(c2cc(-c3cc4cccnc4[nH]3)ccn2)C1. The fourth-order valence-corrected chi connectivity index (χ4v) is 3.03. The molecule has 3 aromatic rings. The fourth-order valence-electron chi connectivity index (χ4n) is 3.03. The molecule has 0 spiro atoms. The van der Waals surface area contributed by atoms with Crippen molar-refractivity contribution in [3.63, 3.8) is 0 Å². The van der Waals surface area contributed by atoms with Gasteiger partial charge in [0.05, 0.1) is 6.10 Å². The smallest absolute Gasteiger partial charge is 0.137 e. The van der Waals surface area contributed by atoms with Gasteiger partial charge in [0.15, 0.2) is 0 Å². The first kappa shape index (κ1) is 13.3. The van der Waals surface area contributed by atoms with Gasteiger partial charge in [0.1, 0.15) is 11.5 Å². The molecule has 1 atom stereocenters. The van der Waals surface area contributed by atoms with E-state index in [4.69, 9.17) is 0 Å². The van der Waals surface area contributed by atoms with Gasteiger partial charge in [-0.3, -0.25) is 0 Å². The van der Waals surface area contributed by atoms with E-state index in [1.807, 2.05) is 24.4 Å². The Bertz CT molecular complexity index is 765. The summed E-state index contributed by atoms with van der Waals surface area (Å²) in [6, 6.07) is 10.2. The van der Waals surface area contributed by atoms with Crippen LogP contribution in [0.5, 0.6) is 0 Å². The molecule has 0 aliphatic carbocycles. The second-order valence-corrected chi connectivity index (χ2v) is 5.77. The van der Waals surface area contributed by atoms with Crippen molar-refractivity contribution in [3.05, 3.63) is 42.7 Å². The molecule has 1 fully saturated rings. The third kappa shape index (κ3) is 2.44. The number of nitrogens with zero attached hydrogens (tertiary/aromatic N) is 3. The van der Waals surface area contributed by atoms with Crippen molar-refractivity contribution in [2.75, 3.05) is 18.0 Å². The number of rotatable bonds is 2. The Balaban J connectivity index is 1.69. The number of nitrogens with one attached hydrogen (secondary N) is 1. The maximum atomic E-state index is 9.84. The molecule has 0 amide bonds. The number of aliphatic hydroxyl groups excluding tert-OH is 1. The number of pyridine rings is 2.